The Bertz CT molecular complexity index is 684. The average Bonchev–Trinajstić information content (AvgIpc) is 2.58. The fraction of sp³-hybridized carbons (Fsp3) is 0.640. The van der Waals surface area contributed by atoms with Crippen LogP contribution in [0.3, 0.4) is 0 Å². The third kappa shape index (κ3) is 5.86. The molecule has 0 fully saturated rings. The van der Waals surface area contributed by atoms with E-state index in [9.17, 15) is 9.90 Å². The van der Waals surface area contributed by atoms with Crippen molar-refractivity contribution in [2.75, 3.05) is 0 Å². The molecule has 0 aromatic heterocycles. The molecule has 0 aliphatic rings. The number of benzene rings is 1. The van der Waals surface area contributed by atoms with Crippen LogP contribution in [0.15, 0.2) is 30.9 Å². The third-order valence-electron chi connectivity index (χ3n) is 6.12. The van der Waals surface area contributed by atoms with Crippen LogP contribution in [0, 0.1) is 16.7 Å². The summed E-state index contributed by atoms with van der Waals surface area (Å²) in [6, 6.07) is 5.81. The maximum atomic E-state index is 12.5. The summed E-state index contributed by atoms with van der Waals surface area (Å²) in [6.45, 7) is 18.9. The largest absolute Gasteiger partial charge is 0.481 e. The van der Waals surface area contributed by atoms with Gasteiger partial charge in [0.15, 0.2) is 0 Å². The molecule has 2 unspecified atom stereocenters. The van der Waals surface area contributed by atoms with E-state index in [2.05, 4.69) is 48.1 Å². The minimum Gasteiger partial charge on any atom is -0.481 e. The van der Waals surface area contributed by atoms with Gasteiger partial charge in [-0.05, 0) is 54.2 Å². The van der Waals surface area contributed by atoms with Crippen LogP contribution in [0.5, 0.6) is 0 Å². The van der Waals surface area contributed by atoms with Gasteiger partial charge in [0.1, 0.15) is 0 Å². The molecule has 1 aromatic carbocycles. The van der Waals surface area contributed by atoms with Crippen molar-refractivity contribution in [3.63, 3.8) is 0 Å². The van der Waals surface area contributed by atoms with E-state index in [-0.39, 0.29) is 16.7 Å². The van der Waals surface area contributed by atoms with Gasteiger partial charge < -0.3 is 5.11 Å². The van der Waals surface area contributed by atoms with Crippen LogP contribution in [0.25, 0.3) is 0 Å². The van der Waals surface area contributed by atoms with Gasteiger partial charge >= 0.3 is 5.97 Å². The van der Waals surface area contributed by atoms with Crippen molar-refractivity contribution in [2.45, 2.75) is 86.0 Å². The van der Waals surface area contributed by atoms with Crippen molar-refractivity contribution in [1.29, 1.82) is 0 Å². The topological polar surface area (TPSA) is 37.3 Å². The van der Waals surface area contributed by atoms with Gasteiger partial charge in [0, 0.05) is 10.9 Å². The first kappa shape index (κ1) is 24.8. The Hall–Kier alpha value is -1.28. The molecule has 0 aliphatic heterocycles. The standard InChI is InChI=1S/C25H39ClO2/c1-9-11-15-24(6,7)21(10-2)25(8,22(27)28)19-13-12-18(20(26)17-19)14-16-23(3,4)5/h10,12-13,17,21H,2,9,11,14-16H2,1,3-8H3,(H,27,28). The lowest BCUT2D eigenvalue weighted by Crippen LogP contribution is -2.46. The van der Waals surface area contributed by atoms with E-state index >= 15 is 0 Å². The lowest BCUT2D eigenvalue weighted by Gasteiger charge is -2.43. The molecule has 2 nitrogen and oxygen atoms in total. The van der Waals surface area contributed by atoms with Gasteiger partial charge in [-0.1, -0.05) is 84.2 Å². The summed E-state index contributed by atoms with van der Waals surface area (Å²) in [5, 5.41) is 10.9. The number of allylic oxidation sites excluding steroid dienone is 1. The van der Waals surface area contributed by atoms with Gasteiger partial charge in [-0.15, -0.1) is 6.58 Å². The molecule has 1 N–H and O–H groups in total. The summed E-state index contributed by atoms with van der Waals surface area (Å²) < 4.78 is 0. The van der Waals surface area contributed by atoms with E-state index < -0.39 is 11.4 Å². The zero-order valence-electron chi connectivity index (χ0n) is 18.9. The predicted octanol–water partition coefficient (Wildman–Crippen LogP) is 7.68. The second-order valence-corrected chi connectivity index (χ2v) is 10.6. The van der Waals surface area contributed by atoms with Crippen LogP contribution in [0.2, 0.25) is 5.02 Å². The normalized spacial score (nSPS) is 15.7. The molecule has 0 spiro atoms. The van der Waals surface area contributed by atoms with E-state index in [1.807, 2.05) is 31.2 Å². The van der Waals surface area contributed by atoms with E-state index in [0.717, 1.165) is 43.2 Å². The number of halogens is 1. The molecule has 0 radical (unpaired) electrons. The summed E-state index contributed by atoms with van der Waals surface area (Å²) in [5.41, 5.74) is 0.801. The molecule has 1 aromatic rings. The Morgan fingerprint density at radius 2 is 1.79 bits per heavy atom. The lowest BCUT2D eigenvalue weighted by atomic mass is 9.60. The summed E-state index contributed by atoms with van der Waals surface area (Å²) in [5.74, 6) is -1.04. The predicted molar refractivity (Wildman–Crippen MR) is 121 cm³/mol. The zero-order valence-corrected chi connectivity index (χ0v) is 19.6. The Balaban J connectivity index is 3.34. The fourth-order valence-corrected chi connectivity index (χ4v) is 4.42. The van der Waals surface area contributed by atoms with Crippen molar-refractivity contribution < 1.29 is 9.90 Å². The van der Waals surface area contributed by atoms with E-state index in [1.165, 1.54) is 0 Å². The van der Waals surface area contributed by atoms with Crippen molar-refractivity contribution >= 4 is 17.6 Å². The minimum atomic E-state index is -1.08. The first-order chi connectivity index (χ1) is 12.8. The Morgan fingerprint density at radius 3 is 2.21 bits per heavy atom. The number of unbranched alkanes of at least 4 members (excludes halogenated alkanes) is 1. The van der Waals surface area contributed by atoms with Gasteiger partial charge in [0.2, 0.25) is 0 Å². The number of aliphatic carboxylic acids is 1. The van der Waals surface area contributed by atoms with Crippen LogP contribution in [0.1, 0.15) is 85.3 Å². The summed E-state index contributed by atoms with van der Waals surface area (Å²) in [6.07, 6.45) is 6.86. The second kappa shape index (κ2) is 9.48. The maximum absolute atomic E-state index is 12.5. The number of hydrogen-bond donors (Lipinski definition) is 1. The summed E-state index contributed by atoms with van der Waals surface area (Å²) in [7, 11) is 0. The minimum absolute atomic E-state index is 0.178. The highest BCUT2D eigenvalue weighted by Crippen LogP contribution is 2.47. The highest BCUT2D eigenvalue weighted by molar-refractivity contribution is 6.31. The molecule has 28 heavy (non-hydrogen) atoms. The SMILES string of the molecule is C=CC(C(C)(C)CCCC)C(C)(C(=O)O)c1ccc(CCC(C)(C)C)c(Cl)c1. The summed E-state index contributed by atoms with van der Waals surface area (Å²) in [4.78, 5) is 12.5. The second-order valence-electron chi connectivity index (χ2n) is 10.2. The number of carboxylic acid groups (broad SMARTS) is 1. The van der Waals surface area contributed by atoms with Gasteiger partial charge in [-0.25, -0.2) is 0 Å². The van der Waals surface area contributed by atoms with Crippen molar-refractivity contribution in [1.82, 2.24) is 0 Å². The Morgan fingerprint density at radius 1 is 1.18 bits per heavy atom. The lowest BCUT2D eigenvalue weighted by molar-refractivity contribution is -0.146. The molecule has 0 heterocycles. The van der Waals surface area contributed by atoms with Crippen molar-refractivity contribution in [3.05, 3.63) is 47.0 Å². The molecule has 0 saturated carbocycles. The van der Waals surface area contributed by atoms with Crippen molar-refractivity contribution in [3.8, 4) is 0 Å². The number of hydrogen-bond acceptors (Lipinski definition) is 1. The van der Waals surface area contributed by atoms with Crippen LogP contribution in [0.4, 0.5) is 0 Å². The molecular formula is C25H39ClO2. The molecule has 0 bridgehead atoms. The first-order valence-electron chi connectivity index (χ1n) is 10.4. The van der Waals surface area contributed by atoms with E-state index in [1.54, 1.807) is 0 Å². The number of rotatable bonds is 10. The smallest absolute Gasteiger partial charge is 0.314 e. The fourth-order valence-electron chi connectivity index (χ4n) is 4.14. The highest BCUT2D eigenvalue weighted by atomic mass is 35.5. The third-order valence-corrected chi connectivity index (χ3v) is 6.47. The zero-order chi connectivity index (χ0) is 21.8. The molecule has 158 valence electrons. The van der Waals surface area contributed by atoms with E-state index in [4.69, 9.17) is 11.6 Å². The number of carbonyl (C=O) groups is 1. The Labute approximate surface area is 177 Å². The maximum Gasteiger partial charge on any atom is 0.314 e. The summed E-state index contributed by atoms with van der Waals surface area (Å²) >= 11 is 6.60. The molecular weight excluding hydrogens is 368 g/mol. The van der Waals surface area contributed by atoms with Crippen molar-refractivity contribution in [2.24, 2.45) is 16.7 Å². The quantitative estimate of drug-likeness (QED) is 0.404. The van der Waals surface area contributed by atoms with Gasteiger partial charge in [-0.3, -0.25) is 4.79 Å². The van der Waals surface area contributed by atoms with Gasteiger partial charge in [0.05, 0.1) is 5.41 Å². The molecule has 0 saturated heterocycles. The molecule has 0 amide bonds. The van der Waals surface area contributed by atoms with E-state index in [0.29, 0.717) is 5.02 Å². The number of aryl methyl sites for hydroxylation is 1. The highest BCUT2D eigenvalue weighted by Gasteiger charge is 2.48. The molecule has 3 heteroatoms. The molecule has 1 rings (SSSR count). The molecule has 2 atom stereocenters. The number of carboxylic acids is 1. The van der Waals surface area contributed by atoms with Gasteiger partial charge in [-0.2, -0.15) is 0 Å². The monoisotopic (exact) mass is 406 g/mol. The van der Waals surface area contributed by atoms with Crippen LogP contribution < -0.4 is 0 Å². The average molecular weight is 407 g/mol. The first-order valence-corrected chi connectivity index (χ1v) is 10.8. The van der Waals surface area contributed by atoms with Crippen LogP contribution >= 0.6 is 11.6 Å². The van der Waals surface area contributed by atoms with Gasteiger partial charge in [0.25, 0.3) is 0 Å². The van der Waals surface area contributed by atoms with Crippen LogP contribution in [-0.4, -0.2) is 11.1 Å². The van der Waals surface area contributed by atoms with Crippen LogP contribution in [-0.2, 0) is 16.6 Å². The Kier molecular flexibility index (Phi) is 8.38. The molecule has 0 aliphatic carbocycles.